The maximum absolute atomic E-state index is 12.5. The van der Waals surface area contributed by atoms with Crippen LogP contribution in [0.15, 0.2) is 42.6 Å². The van der Waals surface area contributed by atoms with Gasteiger partial charge in [-0.3, -0.25) is 4.79 Å². The minimum absolute atomic E-state index is 0.0296. The average Bonchev–Trinajstić information content (AvgIpc) is 3.06. The third-order valence-electron chi connectivity index (χ3n) is 4.42. The summed E-state index contributed by atoms with van der Waals surface area (Å²) in [4.78, 5) is 23.2. The number of thiazole rings is 1. The fourth-order valence-electron chi connectivity index (χ4n) is 3.08. The summed E-state index contributed by atoms with van der Waals surface area (Å²) < 4.78 is 1.23. The summed E-state index contributed by atoms with van der Waals surface area (Å²) in [7, 11) is 0. The van der Waals surface area contributed by atoms with E-state index in [1.165, 1.54) is 9.71 Å². The van der Waals surface area contributed by atoms with Crippen LogP contribution in [-0.2, 0) is 0 Å². The molecular formula is C18H16ClN3OS. The molecule has 2 aromatic heterocycles. The normalized spacial score (nSPS) is 15.8. The minimum atomic E-state index is 0.0296. The number of para-hydroxylation sites is 1. The number of fused-ring (bicyclic) bond motifs is 1. The van der Waals surface area contributed by atoms with Crippen LogP contribution < -0.4 is 0 Å². The molecule has 4 nitrogen and oxygen atoms in total. The van der Waals surface area contributed by atoms with Gasteiger partial charge >= 0.3 is 0 Å². The number of carbonyl (C=O) groups is 1. The Kier molecular flexibility index (Phi) is 4.21. The van der Waals surface area contributed by atoms with Crippen LogP contribution in [0.4, 0.5) is 0 Å². The number of aromatic nitrogens is 2. The van der Waals surface area contributed by atoms with Crippen molar-refractivity contribution in [2.45, 2.75) is 18.8 Å². The Balaban J connectivity index is 1.44. The molecule has 0 unspecified atom stereocenters. The van der Waals surface area contributed by atoms with Crippen LogP contribution in [0.3, 0.4) is 0 Å². The van der Waals surface area contributed by atoms with Crippen LogP contribution in [-0.4, -0.2) is 33.9 Å². The van der Waals surface area contributed by atoms with E-state index in [2.05, 4.69) is 17.1 Å². The van der Waals surface area contributed by atoms with Gasteiger partial charge in [-0.1, -0.05) is 23.7 Å². The first-order valence-electron chi connectivity index (χ1n) is 7.97. The van der Waals surface area contributed by atoms with Crippen molar-refractivity contribution in [2.24, 2.45) is 0 Å². The molecule has 0 spiro atoms. The highest BCUT2D eigenvalue weighted by molar-refractivity contribution is 7.18. The highest BCUT2D eigenvalue weighted by atomic mass is 35.5. The van der Waals surface area contributed by atoms with E-state index in [4.69, 9.17) is 16.6 Å². The Morgan fingerprint density at radius 3 is 2.67 bits per heavy atom. The molecule has 6 heteroatoms. The number of hydrogen-bond acceptors (Lipinski definition) is 4. The van der Waals surface area contributed by atoms with Crippen LogP contribution in [0.1, 0.15) is 34.1 Å². The molecule has 3 heterocycles. The maximum Gasteiger partial charge on any atom is 0.255 e. The van der Waals surface area contributed by atoms with E-state index < -0.39 is 0 Å². The first-order chi connectivity index (χ1) is 11.7. The van der Waals surface area contributed by atoms with Gasteiger partial charge in [0.15, 0.2) is 0 Å². The SMILES string of the molecule is O=C(c1ccc(Cl)nc1)N1CCC(c2nc3ccccc3s2)CC1. The fraction of sp³-hybridized carbons (Fsp3) is 0.278. The van der Waals surface area contributed by atoms with Crippen molar-refractivity contribution in [1.29, 1.82) is 0 Å². The van der Waals surface area contributed by atoms with Gasteiger partial charge in [0.1, 0.15) is 5.15 Å². The molecule has 0 bridgehead atoms. The zero-order valence-corrected chi connectivity index (χ0v) is 14.6. The van der Waals surface area contributed by atoms with Crippen molar-refractivity contribution >= 4 is 39.1 Å². The van der Waals surface area contributed by atoms with Gasteiger partial charge in [-0.05, 0) is 37.1 Å². The number of benzene rings is 1. The molecule has 3 aromatic rings. The van der Waals surface area contributed by atoms with Gasteiger partial charge in [0, 0.05) is 25.2 Å². The van der Waals surface area contributed by atoms with Gasteiger partial charge in [-0.2, -0.15) is 0 Å². The van der Waals surface area contributed by atoms with Gasteiger partial charge in [-0.15, -0.1) is 11.3 Å². The van der Waals surface area contributed by atoms with Crippen LogP contribution in [0.5, 0.6) is 0 Å². The number of hydrogen-bond donors (Lipinski definition) is 0. The molecule has 0 saturated carbocycles. The highest BCUT2D eigenvalue weighted by Gasteiger charge is 2.26. The molecule has 24 heavy (non-hydrogen) atoms. The summed E-state index contributed by atoms with van der Waals surface area (Å²) in [5.74, 6) is 0.469. The molecule has 0 atom stereocenters. The Labute approximate surface area is 149 Å². The van der Waals surface area contributed by atoms with E-state index in [1.807, 2.05) is 17.0 Å². The lowest BCUT2D eigenvalue weighted by atomic mass is 9.97. The second-order valence-electron chi connectivity index (χ2n) is 5.96. The highest BCUT2D eigenvalue weighted by Crippen LogP contribution is 2.34. The van der Waals surface area contributed by atoms with Crippen molar-refractivity contribution in [3.8, 4) is 0 Å². The first kappa shape index (κ1) is 15.5. The Morgan fingerprint density at radius 1 is 1.17 bits per heavy atom. The third kappa shape index (κ3) is 3.01. The number of carbonyl (C=O) groups excluding carboxylic acids is 1. The molecule has 0 radical (unpaired) electrons. The number of piperidine rings is 1. The molecule has 1 saturated heterocycles. The molecule has 4 rings (SSSR count). The molecule has 1 amide bonds. The van der Waals surface area contributed by atoms with Crippen LogP contribution in [0, 0.1) is 0 Å². The van der Waals surface area contributed by atoms with Crippen LogP contribution in [0.2, 0.25) is 5.15 Å². The number of nitrogens with zero attached hydrogens (tertiary/aromatic N) is 3. The zero-order chi connectivity index (χ0) is 16.5. The summed E-state index contributed by atoms with van der Waals surface area (Å²) in [6.45, 7) is 1.50. The van der Waals surface area contributed by atoms with Gasteiger partial charge < -0.3 is 4.90 Å². The lowest BCUT2D eigenvalue weighted by Crippen LogP contribution is -2.37. The van der Waals surface area contributed by atoms with Crippen molar-refractivity contribution in [2.75, 3.05) is 13.1 Å². The van der Waals surface area contributed by atoms with E-state index in [1.54, 1.807) is 29.7 Å². The zero-order valence-electron chi connectivity index (χ0n) is 13.0. The Hall–Kier alpha value is -1.98. The predicted molar refractivity (Wildman–Crippen MR) is 96.7 cm³/mol. The number of likely N-dealkylation sites (tertiary alicyclic amines) is 1. The van der Waals surface area contributed by atoms with Crippen LogP contribution in [0.25, 0.3) is 10.2 Å². The number of pyridine rings is 1. The second kappa shape index (κ2) is 6.49. The quantitative estimate of drug-likeness (QED) is 0.640. The molecule has 1 aromatic carbocycles. The number of halogens is 1. The van der Waals surface area contributed by atoms with Gasteiger partial charge in [0.2, 0.25) is 0 Å². The molecule has 0 N–H and O–H groups in total. The summed E-state index contributed by atoms with van der Waals surface area (Å²) in [5.41, 5.74) is 1.67. The third-order valence-corrected chi connectivity index (χ3v) is 5.84. The lowest BCUT2D eigenvalue weighted by molar-refractivity contribution is 0.0712. The standard InChI is InChI=1S/C18H16ClN3OS/c19-16-6-5-13(11-20-16)18(23)22-9-7-12(8-10-22)17-21-14-3-1-2-4-15(14)24-17/h1-6,11-12H,7-10H2. The van der Waals surface area contributed by atoms with Crippen molar-refractivity contribution in [3.63, 3.8) is 0 Å². The molecular weight excluding hydrogens is 342 g/mol. The largest absolute Gasteiger partial charge is 0.339 e. The maximum atomic E-state index is 12.5. The smallest absolute Gasteiger partial charge is 0.255 e. The second-order valence-corrected chi connectivity index (χ2v) is 7.41. The van der Waals surface area contributed by atoms with E-state index in [9.17, 15) is 4.79 Å². The van der Waals surface area contributed by atoms with E-state index in [0.29, 0.717) is 16.6 Å². The Bertz CT molecular complexity index is 836. The van der Waals surface area contributed by atoms with Gasteiger partial charge in [0.05, 0.1) is 20.8 Å². The molecule has 122 valence electrons. The average molecular weight is 358 g/mol. The molecule has 1 aliphatic heterocycles. The predicted octanol–water partition coefficient (Wildman–Crippen LogP) is 4.36. The van der Waals surface area contributed by atoms with Crippen molar-refractivity contribution in [1.82, 2.24) is 14.9 Å². The monoisotopic (exact) mass is 357 g/mol. The van der Waals surface area contributed by atoms with E-state index >= 15 is 0 Å². The first-order valence-corrected chi connectivity index (χ1v) is 9.16. The van der Waals surface area contributed by atoms with E-state index in [-0.39, 0.29) is 5.91 Å². The van der Waals surface area contributed by atoms with E-state index in [0.717, 1.165) is 31.4 Å². The number of amides is 1. The topological polar surface area (TPSA) is 46.1 Å². The molecule has 1 aliphatic rings. The summed E-state index contributed by atoms with van der Waals surface area (Å²) in [6.07, 6.45) is 3.45. The summed E-state index contributed by atoms with van der Waals surface area (Å²) in [5, 5.41) is 1.59. The van der Waals surface area contributed by atoms with Crippen molar-refractivity contribution < 1.29 is 4.79 Å². The summed E-state index contributed by atoms with van der Waals surface area (Å²) in [6, 6.07) is 11.6. The van der Waals surface area contributed by atoms with Gasteiger partial charge in [0.25, 0.3) is 5.91 Å². The minimum Gasteiger partial charge on any atom is -0.339 e. The molecule has 0 aliphatic carbocycles. The fourth-order valence-corrected chi connectivity index (χ4v) is 4.33. The Morgan fingerprint density at radius 2 is 1.96 bits per heavy atom. The lowest BCUT2D eigenvalue weighted by Gasteiger charge is -2.31. The summed E-state index contributed by atoms with van der Waals surface area (Å²) >= 11 is 7.55. The van der Waals surface area contributed by atoms with Crippen LogP contribution >= 0.6 is 22.9 Å². The van der Waals surface area contributed by atoms with Gasteiger partial charge in [-0.25, -0.2) is 9.97 Å². The number of rotatable bonds is 2. The van der Waals surface area contributed by atoms with Crippen molar-refractivity contribution in [3.05, 3.63) is 58.3 Å². The molecule has 1 fully saturated rings.